The molecule has 2 N–H and O–H groups in total. The van der Waals surface area contributed by atoms with E-state index >= 15 is 0 Å². The summed E-state index contributed by atoms with van der Waals surface area (Å²) in [5.41, 5.74) is -0.914. The number of halogens is 3. The van der Waals surface area contributed by atoms with E-state index in [0.29, 0.717) is 11.4 Å². The summed E-state index contributed by atoms with van der Waals surface area (Å²) in [7, 11) is 0. The average molecular weight is 374 g/mol. The van der Waals surface area contributed by atoms with Gasteiger partial charge in [-0.3, -0.25) is 4.79 Å². The third-order valence-electron chi connectivity index (χ3n) is 2.96. The Morgan fingerprint density at radius 1 is 1.32 bits per heavy atom. The van der Waals surface area contributed by atoms with Gasteiger partial charge in [-0.1, -0.05) is 6.07 Å². The molecular formula is C15H13F3N2O4S. The van der Waals surface area contributed by atoms with Crippen LogP contribution >= 0.6 is 11.3 Å². The van der Waals surface area contributed by atoms with Gasteiger partial charge in [-0.15, -0.1) is 11.3 Å². The minimum Gasteiger partial charge on any atom is -0.484 e. The fourth-order valence-electron chi connectivity index (χ4n) is 1.79. The van der Waals surface area contributed by atoms with Crippen molar-refractivity contribution in [1.29, 1.82) is 0 Å². The lowest BCUT2D eigenvalue weighted by atomic mass is 10.2. The van der Waals surface area contributed by atoms with E-state index in [1.807, 2.05) is 0 Å². The van der Waals surface area contributed by atoms with Crippen LogP contribution in [0.2, 0.25) is 0 Å². The number of aromatic carboxylic acids is 1. The van der Waals surface area contributed by atoms with E-state index in [1.54, 1.807) is 0 Å². The third-order valence-corrected chi connectivity index (χ3v) is 3.87. The molecule has 1 aromatic heterocycles. The van der Waals surface area contributed by atoms with Gasteiger partial charge >= 0.3 is 12.1 Å². The van der Waals surface area contributed by atoms with Gasteiger partial charge in [0.15, 0.2) is 12.3 Å². The molecule has 0 aliphatic rings. The largest absolute Gasteiger partial charge is 0.484 e. The van der Waals surface area contributed by atoms with Gasteiger partial charge in [0.1, 0.15) is 5.75 Å². The highest BCUT2D eigenvalue weighted by Crippen LogP contribution is 2.31. The molecule has 1 heterocycles. The zero-order valence-electron chi connectivity index (χ0n) is 12.7. The molecular weight excluding hydrogens is 361 g/mol. The summed E-state index contributed by atoms with van der Waals surface area (Å²) in [5.74, 6) is -1.69. The molecule has 2 aromatic rings. The number of nitrogens with zero attached hydrogens (tertiary/aromatic N) is 1. The Morgan fingerprint density at radius 2 is 2.08 bits per heavy atom. The highest BCUT2D eigenvalue weighted by Gasteiger charge is 2.30. The number of aromatic nitrogens is 1. The Labute approximate surface area is 144 Å². The van der Waals surface area contributed by atoms with E-state index in [0.717, 1.165) is 23.5 Å². The molecule has 1 amide bonds. The lowest BCUT2D eigenvalue weighted by Gasteiger charge is -2.10. The maximum Gasteiger partial charge on any atom is 0.416 e. The minimum absolute atomic E-state index is 0.0563. The molecule has 0 saturated carbocycles. The number of ether oxygens (including phenoxy) is 1. The van der Waals surface area contributed by atoms with Crippen LogP contribution in [0.3, 0.4) is 0 Å². The molecule has 10 heteroatoms. The second-order valence-corrected chi connectivity index (χ2v) is 5.79. The van der Waals surface area contributed by atoms with Crippen LogP contribution in [0.5, 0.6) is 5.75 Å². The molecule has 0 atom stereocenters. The summed E-state index contributed by atoms with van der Waals surface area (Å²) in [4.78, 5) is 26.2. The Hall–Kier alpha value is -2.62. The SMILES string of the molecule is O=C(COc1cccc(C(F)(F)F)c1)NCCc1nc(C(=O)O)cs1. The monoisotopic (exact) mass is 374 g/mol. The quantitative estimate of drug-likeness (QED) is 0.778. The van der Waals surface area contributed by atoms with Gasteiger partial charge in [0.2, 0.25) is 0 Å². The molecule has 25 heavy (non-hydrogen) atoms. The number of amides is 1. The molecule has 0 fully saturated rings. The first kappa shape index (κ1) is 18.7. The van der Waals surface area contributed by atoms with E-state index in [4.69, 9.17) is 9.84 Å². The Morgan fingerprint density at radius 3 is 2.72 bits per heavy atom. The maximum atomic E-state index is 12.6. The smallest absolute Gasteiger partial charge is 0.416 e. The van der Waals surface area contributed by atoms with E-state index in [-0.39, 0.29) is 18.0 Å². The highest BCUT2D eigenvalue weighted by atomic mass is 32.1. The van der Waals surface area contributed by atoms with Crippen molar-refractivity contribution in [3.63, 3.8) is 0 Å². The molecule has 2 rings (SSSR count). The van der Waals surface area contributed by atoms with Crippen molar-refractivity contribution in [2.45, 2.75) is 12.6 Å². The van der Waals surface area contributed by atoms with Gasteiger partial charge in [-0.05, 0) is 18.2 Å². The number of carboxylic acids is 1. The maximum absolute atomic E-state index is 12.6. The number of carbonyl (C=O) groups excluding carboxylic acids is 1. The Kier molecular flexibility index (Phi) is 5.97. The summed E-state index contributed by atoms with van der Waals surface area (Å²) in [6.07, 6.45) is -4.14. The molecule has 134 valence electrons. The van der Waals surface area contributed by atoms with Crippen molar-refractivity contribution in [2.75, 3.05) is 13.2 Å². The van der Waals surface area contributed by atoms with Gasteiger partial charge in [-0.25, -0.2) is 9.78 Å². The van der Waals surface area contributed by atoms with Crippen LogP contribution in [0.4, 0.5) is 13.2 Å². The van der Waals surface area contributed by atoms with Gasteiger partial charge < -0.3 is 15.2 Å². The molecule has 0 bridgehead atoms. The molecule has 0 saturated heterocycles. The second kappa shape index (κ2) is 7.97. The third kappa shape index (κ3) is 5.75. The first-order valence-corrected chi connectivity index (χ1v) is 7.88. The van der Waals surface area contributed by atoms with Crippen molar-refractivity contribution in [3.8, 4) is 5.75 Å². The topological polar surface area (TPSA) is 88.5 Å². The van der Waals surface area contributed by atoms with Crippen LogP contribution in [-0.4, -0.2) is 35.1 Å². The first-order valence-electron chi connectivity index (χ1n) is 7.00. The summed E-state index contributed by atoms with van der Waals surface area (Å²) >= 11 is 1.16. The number of thiazole rings is 1. The number of nitrogens with one attached hydrogen (secondary N) is 1. The van der Waals surface area contributed by atoms with Gasteiger partial charge in [-0.2, -0.15) is 13.2 Å². The van der Waals surface area contributed by atoms with Gasteiger partial charge in [0, 0.05) is 18.3 Å². The van der Waals surface area contributed by atoms with Crippen LogP contribution < -0.4 is 10.1 Å². The lowest BCUT2D eigenvalue weighted by molar-refractivity contribution is -0.137. The Balaban J connectivity index is 1.76. The number of carbonyl (C=O) groups is 2. The minimum atomic E-state index is -4.48. The van der Waals surface area contributed by atoms with Crippen LogP contribution in [0.25, 0.3) is 0 Å². The predicted octanol–water partition coefficient (Wildman–Crippen LogP) is 2.60. The summed E-state index contributed by atoms with van der Waals surface area (Å²) < 4.78 is 42.7. The van der Waals surface area contributed by atoms with Crippen molar-refractivity contribution in [2.24, 2.45) is 0 Å². The fourth-order valence-corrected chi connectivity index (χ4v) is 2.57. The first-order chi connectivity index (χ1) is 11.8. The summed E-state index contributed by atoms with van der Waals surface area (Å²) in [6.45, 7) is -0.225. The summed E-state index contributed by atoms with van der Waals surface area (Å²) in [5, 5.41) is 13.2. The van der Waals surface area contributed by atoms with E-state index < -0.39 is 30.2 Å². The highest BCUT2D eigenvalue weighted by molar-refractivity contribution is 7.09. The number of benzene rings is 1. The van der Waals surface area contributed by atoms with Crippen LogP contribution in [0, 0.1) is 0 Å². The number of rotatable bonds is 7. The van der Waals surface area contributed by atoms with Crippen molar-refractivity contribution in [1.82, 2.24) is 10.3 Å². The molecule has 0 radical (unpaired) electrons. The average Bonchev–Trinajstić information content (AvgIpc) is 3.02. The molecule has 0 aliphatic carbocycles. The van der Waals surface area contributed by atoms with Crippen LogP contribution in [0.1, 0.15) is 21.1 Å². The standard InChI is InChI=1S/C15H13F3N2O4S/c16-15(17,18)9-2-1-3-10(6-9)24-7-12(21)19-5-4-13-20-11(8-25-13)14(22)23/h1-3,6,8H,4-5,7H2,(H,19,21)(H,22,23). The number of hydrogen-bond donors (Lipinski definition) is 2. The number of hydrogen-bond acceptors (Lipinski definition) is 5. The van der Waals surface area contributed by atoms with Crippen LogP contribution in [-0.2, 0) is 17.4 Å². The second-order valence-electron chi connectivity index (χ2n) is 4.85. The van der Waals surface area contributed by atoms with Crippen LogP contribution in [0.15, 0.2) is 29.6 Å². The molecule has 0 aliphatic heterocycles. The van der Waals surface area contributed by atoms with E-state index in [2.05, 4.69) is 10.3 Å². The number of carboxylic acid groups (broad SMARTS) is 1. The molecule has 0 spiro atoms. The molecule has 1 aromatic carbocycles. The lowest BCUT2D eigenvalue weighted by Crippen LogP contribution is -2.30. The van der Waals surface area contributed by atoms with Gasteiger partial charge in [0.25, 0.3) is 5.91 Å². The van der Waals surface area contributed by atoms with Crippen molar-refractivity contribution in [3.05, 3.63) is 45.9 Å². The van der Waals surface area contributed by atoms with Crippen molar-refractivity contribution >= 4 is 23.2 Å². The molecule has 6 nitrogen and oxygen atoms in total. The molecule has 0 unspecified atom stereocenters. The zero-order chi connectivity index (χ0) is 18.4. The van der Waals surface area contributed by atoms with E-state index in [1.165, 1.54) is 17.5 Å². The summed E-state index contributed by atoms with van der Waals surface area (Å²) in [6, 6.07) is 4.24. The normalized spacial score (nSPS) is 11.2. The van der Waals surface area contributed by atoms with Crippen molar-refractivity contribution < 1.29 is 32.6 Å². The number of alkyl halides is 3. The zero-order valence-corrected chi connectivity index (χ0v) is 13.5. The van der Waals surface area contributed by atoms with Gasteiger partial charge in [0.05, 0.1) is 10.6 Å². The van der Waals surface area contributed by atoms with E-state index in [9.17, 15) is 22.8 Å². The fraction of sp³-hybridized carbons (Fsp3) is 0.267. The Bertz CT molecular complexity index is 761. The predicted molar refractivity (Wildman–Crippen MR) is 82.7 cm³/mol.